The van der Waals surface area contributed by atoms with Crippen molar-refractivity contribution in [1.82, 2.24) is 24.3 Å². The fourth-order valence-corrected chi connectivity index (χ4v) is 4.33. The zero-order chi connectivity index (χ0) is 17.5. The Labute approximate surface area is 151 Å². The second-order valence-corrected chi connectivity index (χ2v) is 7.38. The minimum absolute atomic E-state index is 0.0105. The summed E-state index contributed by atoms with van der Waals surface area (Å²) in [5, 5.41) is 4.65. The first-order valence-corrected chi connectivity index (χ1v) is 9.29. The van der Waals surface area contributed by atoms with E-state index < -0.39 is 0 Å². The van der Waals surface area contributed by atoms with Gasteiger partial charge in [-0.2, -0.15) is 5.10 Å². The van der Waals surface area contributed by atoms with Gasteiger partial charge in [-0.3, -0.25) is 14.5 Å². The number of benzene rings is 1. The summed E-state index contributed by atoms with van der Waals surface area (Å²) in [5.41, 5.74) is 2.23. The van der Waals surface area contributed by atoms with Crippen LogP contribution in [0.3, 0.4) is 0 Å². The van der Waals surface area contributed by atoms with Gasteiger partial charge < -0.3 is 0 Å². The van der Waals surface area contributed by atoms with Crippen molar-refractivity contribution >= 4 is 0 Å². The zero-order valence-corrected chi connectivity index (χ0v) is 14.5. The molecular formula is C20H21N5O. The summed E-state index contributed by atoms with van der Waals surface area (Å²) < 4.78 is 3.55. The Hall–Kier alpha value is -2.76. The molecule has 5 rings (SSSR count). The predicted octanol–water partition coefficient (Wildman–Crippen LogP) is 2.56. The second kappa shape index (κ2) is 6.20. The molecule has 6 heteroatoms. The first-order valence-electron chi connectivity index (χ1n) is 9.29. The third-order valence-electron chi connectivity index (χ3n) is 5.70. The lowest BCUT2D eigenvalue weighted by Gasteiger charge is -2.34. The molecule has 3 heterocycles. The molecule has 2 aromatic heterocycles. The molecule has 132 valence electrons. The van der Waals surface area contributed by atoms with E-state index in [1.165, 1.54) is 5.56 Å². The molecule has 0 bridgehead atoms. The van der Waals surface area contributed by atoms with Gasteiger partial charge in [-0.05, 0) is 37.2 Å². The van der Waals surface area contributed by atoms with Gasteiger partial charge >= 0.3 is 5.69 Å². The summed E-state index contributed by atoms with van der Waals surface area (Å²) in [5.74, 6) is 1.53. The molecule has 1 saturated carbocycles. The molecule has 0 N–H and O–H groups in total. The Kier molecular flexibility index (Phi) is 3.69. The molecule has 6 nitrogen and oxygen atoms in total. The van der Waals surface area contributed by atoms with E-state index in [0.717, 1.165) is 43.6 Å². The third-order valence-corrected chi connectivity index (χ3v) is 5.70. The summed E-state index contributed by atoms with van der Waals surface area (Å²) >= 11 is 0. The average Bonchev–Trinajstić information content (AvgIpc) is 3.20. The first-order chi connectivity index (χ1) is 12.8. The van der Waals surface area contributed by atoms with Crippen LogP contribution in [0.5, 0.6) is 0 Å². The largest absolute Gasteiger partial charge is 0.346 e. The Balaban J connectivity index is 1.33. The van der Waals surface area contributed by atoms with Crippen molar-refractivity contribution in [2.75, 3.05) is 0 Å². The molecule has 0 amide bonds. The number of aromatic nitrogens is 5. The van der Waals surface area contributed by atoms with Gasteiger partial charge in [0.15, 0.2) is 0 Å². The summed E-state index contributed by atoms with van der Waals surface area (Å²) in [6.45, 7) is 0. The highest BCUT2D eigenvalue weighted by atomic mass is 16.2. The van der Waals surface area contributed by atoms with Gasteiger partial charge in [0.25, 0.3) is 0 Å². The number of fused-ring (bicyclic) bond motifs is 1. The number of nitrogens with zero attached hydrogens (tertiary/aromatic N) is 5. The van der Waals surface area contributed by atoms with E-state index in [1.54, 1.807) is 23.3 Å². The van der Waals surface area contributed by atoms with E-state index in [-0.39, 0.29) is 17.8 Å². The lowest BCUT2D eigenvalue weighted by atomic mass is 9.77. The molecule has 1 aliphatic heterocycles. The normalized spacial score (nSPS) is 24.2. The molecule has 0 saturated heterocycles. The zero-order valence-electron chi connectivity index (χ0n) is 14.5. The van der Waals surface area contributed by atoms with Crippen LogP contribution < -0.4 is 5.69 Å². The van der Waals surface area contributed by atoms with Gasteiger partial charge in [-0.1, -0.05) is 30.3 Å². The van der Waals surface area contributed by atoms with E-state index in [0.29, 0.717) is 5.92 Å². The molecule has 3 aromatic rings. The maximum absolute atomic E-state index is 13.0. The van der Waals surface area contributed by atoms with Crippen LogP contribution in [-0.4, -0.2) is 24.3 Å². The summed E-state index contributed by atoms with van der Waals surface area (Å²) in [7, 11) is 0. The SMILES string of the molecule is O=c1n(C2CC(Cc3ccccc3)C2)nc2n1[C@H](c1cnccn1)CC2. The highest BCUT2D eigenvalue weighted by Crippen LogP contribution is 2.39. The van der Waals surface area contributed by atoms with E-state index >= 15 is 0 Å². The average molecular weight is 347 g/mol. The standard InChI is InChI=1S/C20H21N5O/c26-20-24-18(17-13-21-8-9-22-17)6-7-19(24)23-25(20)16-11-15(12-16)10-14-4-2-1-3-5-14/h1-5,8-9,13,15-16,18H,6-7,10-12H2/t15?,16?,18-/m0/s1. The fourth-order valence-electron chi connectivity index (χ4n) is 4.33. The molecule has 0 radical (unpaired) electrons. The summed E-state index contributed by atoms with van der Waals surface area (Å²) in [6, 6.07) is 10.8. The van der Waals surface area contributed by atoms with Crippen LogP contribution in [0.25, 0.3) is 0 Å². The highest BCUT2D eigenvalue weighted by molar-refractivity contribution is 5.16. The minimum Gasteiger partial charge on any atom is -0.270 e. The van der Waals surface area contributed by atoms with Crippen molar-refractivity contribution in [3.05, 3.63) is 76.5 Å². The summed E-state index contributed by atoms with van der Waals surface area (Å²) in [4.78, 5) is 21.5. The predicted molar refractivity (Wildman–Crippen MR) is 96.9 cm³/mol. The second-order valence-electron chi connectivity index (χ2n) is 7.38. The smallest absolute Gasteiger partial charge is 0.270 e. The lowest BCUT2D eigenvalue weighted by molar-refractivity contribution is 0.176. The van der Waals surface area contributed by atoms with Crippen LogP contribution >= 0.6 is 0 Å². The van der Waals surface area contributed by atoms with Gasteiger partial charge in [-0.15, -0.1) is 0 Å². The van der Waals surface area contributed by atoms with E-state index in [1.807, 2.05) is 10.6 Å². The monoisotopic (exact) mass is 347 g/mol. The van der Waals surface area contributed by atoms with Crippen LogP contribution in [0.15, 0.2) is 53.7 Å². The number of aryl methyl sites for hydroxylation is 1. The lowest BCUT2D eigenvalue weighted by Crippen LogP contribution is -2.37. The molecule has 0 spiro atoms. The minimum atomic E-state index is -0.0276. The van der Waals surface area contributed by atoms with Gasteiger partial charge in [0, 0.05) is 18.8 Å². The van der Waals surface area contributed by atoms with E-state index in [4.69, 9.17) is 0 Å². The Morgan fingerprint density at radius 2 is 1.96 bits per heavy atom. The molecule has 2 aliphatic rings. The van der Waals surface area contributed by atoms with Gasteiger partial charge in [0.1, 0.15) is 5.82 Å². The Morgan fingerprint density at radius 3 is 2.73 bits per heavy atom. The van der Waals surface area contributed by atoms with Crippen molar-refractivity contribution in [2.45, 2.75) is 44.2 Å². The molecule has 1 aromatic carbocycles. The number of hydrogen-bond donors (Lipinski definition) is 0. The van der Waals surface area contributed by atoms with Crippen LogP contribution in [0.1, 0.15) is 48.4 Å². The molecule has 1 fully saturated rings. The van der Waals surface area contributed by atoms with Gasteiger partial charge in [-0.25, -0.2) is 9.48 Å². The number of hydrogen-bond acceptors (Lipinski definition) is 4. The Morgan fingerprint density at radius 1 is 1.12 bits per heavy atom. The van der Waals surface area contributed by atoms with Crippen molar-refractivity contribution in [3.63, 3.8) is 0 Å². The van der Waals surface area contributed by atoms with E-state index in [9.17, 15) is 4.79 Å². The van der Waals surface area contributed by atoms with Crippen molar-refractivity contribution in [3.8, 4) is 0 Å². The molecular weight excluding hydrogens is 326 g/mol. The Bertz CT molecular complexity index is 957. The molecule has 1 aliphatic carbocycles. The van der Waals surface area contributed by atoms with Crippen LogP contribution in [0.4, 0.5) is 0 Å². The first kappa shape index (κ1) is 15.5. The van der Waals surface area contributed by atoms with Crippen LogP contribution in [0.2, 0.25) is 0 Å². The molecule has 0 unspecified atom stereocenters. The van der Waals surface area contributed by atoms with E-state index in [2.05, 4.69) is 39.3 Å². The van der Waals surface area contributed by atoms with Crippen molar-refractivity contribution < 1.29 is 0 Å². The highest BCUT2D eigenvalue weighted by Gasteiger charge is 2.36. The van der Waals surface area contributed by atoms with Crippen LogP contribution in [0, 0.1) is 5.92 Å². The quantitative estimate of drug-likeness (QED) is 0.727. The maximum Gasteiger partial charge on any atom is 0.346 e. The van der Waals surface area contributed by atoms with Crippen molar-refractivity contribution in [2.24, 2.45) is 5.92 Å². The molecule has 26 heavy (non-hydrogen) atoms. The third kappa shape index (κ3) is 2.57. The van der Waals surface area contributed by atoms with Gasteiger partial charge in [0.05, 0.1) is 24.0 Å². The van der Waals surface area contributed by atoms with Crippen molar-refractivity contribution in [1.29, 1.82) is 0 Å². The summed E-state index contributed by atoms with van der Waals surface area (Å²) in [6.07, 6.45) is 9.94. The maximum atomic E-state index is 13.0. The van der Waals surface area contributed by atoms with Crippen LogP contribution in [-0.2, 0) is 12.8 Å². The number of rotatable bonds is 4. The fraction of sp³-hybridized carbons (Fsp3) is 0.400. The topological polar surface area (TPSA) is 65.6 Å². The van der Waals surface area contributed by atoms with Gasteiger partial charge in [0.2, 0.25) is 0 Å². The molecule has 1 atom stereocenters.